The Hall–Kier alpha value is -2.34. The molecule has 0 saturated heterocycles. The van der Waals surface area contributed by atoms with Gasteiger partial charge in [-0.15, -0.1) is 0 Å². The summed E-state index contributed by atoms with van der Waals surface area (Å²) in [7, 11) is 0. The number of nitrogens with zero attached hydrogens (tertiary/aromatic N) is 2. The average molecular weight is 274 g/mol. The topological polar surface area (TPSA) is 79.2 Å². The van der Waals surface area contributed by atoms with Crippen molar-refractivity contribution < 1.29 is 9.90 Å². The summed E-state index contributed by atoms with van der Waals surface area (Å²) >= 11 is 0. The number of urea groups is 1. The van der Waals surface area contributed by atoms with Gasteiger partial charge >= 0.3 is 6.03 Å². The number of aliphatic hydroxyl groups excluding tert-OH is 1. The molecule has 0 aliphatic carbocycles. The van der Waals surface area contributed by atoms with E-state index in [1.54, 1.807) is 17.8 Å². The van der Waals surface area contributed by atoms with Gasteiger partial charge in [0.25, 0.3) is 0 Å². The molecule has 0 radical (unpaired) electrons. The second-order valence-electron chi connectivity index (χ2n) is 4.53. The highest BCUT2D eigenvalue weighted by Crippen LogP contribution is 2.09. The maximum absolute atomic E-state index is 11.5. The first kappa shape index (κ1) is 14.1. The lowest BCUT2D eigenvalue weighted by Crippen LogP contribution is -2.41. The van der Waals surface area contributed by atoms with Gasteiger partial charge in [-0.3, -0.25) is 0 Å². The molecule has 0 fully saturated rings. The van der Waals surface area contributed by atoms with Crippen molar-refractivity contribution in [2.24, 2.45) is 0 Å². The van der Waals surface area contributed by atoms with Crippen LogP contribution in [0.15, 0.2) is 42.7 Å². The zero-order chi connectivity index (χ0) is 14.4. The molecule has 0 bridgehead atoms. The summed E-state index contributed by atoms with van der Waals surface area (Å²) < 4.78 is 1.76. The molecule has 1 aromatic carbocycles. The van der Waals surface area contributed by atoms with Crippen molar-refractivity contribution in [3.05, 3.63) is 48.3 Å². The van der Waals surface area contributed by atoms with Crippen molar-refractivity contribution in [1.82, 2.24) is 20.4 Å². The van der Waals surface area contributed by atoms with Crippen LogP contribution in [0.3, 0.4) is 0 Å². The van der Waals surface area contributed by atoms with E-state index in [2.05, 4.69) is 15.7 Å². The lowest BCUT2D eigenvalue weighted by atomic mass is 10.2. The van der Waals surface area contributed by atoms with E-state index < -0.39 is 0 Å². The Morgan fingerprint density at radius 2 is 2.30 bits per heavy atom. The highest BCUT2D eigenvalue weighted by Gasteiger charge is 2.05. The monoisotopic (exact) mass is 274 g/mol. The Labute approximate surface area is 117 Å². The van der Waals surface area contributed by atoms with Crippen molar-refractivity contribution in [3.8, 4) is 5.69 Å². The van der Waals surface area contributed by atoms with E-state index in [0.29, 0.717) is 6.54 Å². The lowest BCUT2D eigenvalue weighted by molar-refractivity contribution is 0.220. The van der Waals surface area contributed by atoms with E-state index in [0.717, 1.165) is 11.3 Å². The van der Waals surface area contributed by atoms with Crippen molar-refractivity contribution >= 4 is 6.03 Å². The summed E-state index contributed by atoms with van der Waals surface area (Å²) in [6, 6.07) is 9.06. The minimum Gasteiger partial charge on any atom is -0.394 e. The van der Waals surface area contributed by atoms with Crippen molar-refractivity contribution in [3.63, 3.8) is 0 Å². The molecule has 0 spiro atoms. The minimum absolute atomic E-state index is 0.0811. The fourth-order valence-corrected chi connectivity index (χ4v) is 1.73. The standard InChI is InChI=1S/C14H18N4O2/c1-11(10-19)17-14(20)15-9-12-4-2-5-13(8-12)18-7-3-6-16-18/h2-8,11,19H,9-10H2,1H3,(H2,15,17,20). The zero-order valence-corrected chi connectivity index (χ0v) is 11.3. The number of aromatic nitrogens is 2. The van der Waals surface area contributed by atoms with E-state index in [1.807, 2.05) is 36.5 Å². The van der Waals surface area contributed by atoms with Crippen molar-refractivity contribution in [2.45, 2.75) is 19.5 Å². The van der Waals surface area contributed by atoms with E-state index in [4.69, 9.17) is 5.11 Å². The van der Waals surface area contributed by atoms with Crippen LogP contribution in [-0.2, 0) is 6.54 Å². The maximum atomic E-state index is 11.5. The quantitative estimate of drug-likeness (QED) is 0.762. The van der Waals surface area contributed by atoms with Crippen LogP contribution in [0.25, 0.3) is 5.69 Å². The highest BCUT2D eigenvalue weighted by atomic mass is 16.3. The number of amides is 2. The van der Waals surface area contributed by atoms with Gasteiger partial charge in [0.2, 0.25) is 0 Å². The van der Waals surface area contributed by atoms with Gasteiger partial charge in [-0.05, 0) is 30.7 Å². The van der Waals surface area contributed by atoms with Crippen LogP contribution in [-0.4, -0.2) is 33.6 Å². The normalized spacial score (nSPS) is 11.9. The summed E-state index contributed by atoms with van der Waals surface area (Å²) in [4.78, 5) is 11.5. The Morgan fingerprint density at radius 1 is 1.45 bits per heavy atom. The minimum atomic E-state index is -0.295. The number of hydrogen-bond acceptors (Lipinski definition) is 3. The van der Waals surface area contributed by atoms with Gasteiger partial charge in [-0.25, -0.2) is 9.48 Å². The number of nitrogens with one attached hydrogen (secondary N) is 2. The number of benzene rings is 1. The largest absolute Gasteiger partial charge is 0.394 e. The van der Waals surface area contributed by atoms with Crippen molar-refractivity contribution in [2.75, 3.05) is 6.61 Å². The number of carbonyl (C=O) groups is 1. The maximum Gasteiger partial charge on any atom is 0.315 e. The van der Waals surface area contributed by atoms with E-state index in [-0.39, 0.29) is 18.7 Å². The molecular formula is C14H18N4O2. The van der Waals surface area contributed by atoms with E-state index >= 15 is 0 Å². The summed E-state index contributed by atoms with van der Waals surface area (Å²) in [5, 5.41) is 18.4. The zero-order valence-electron chi connectivity index (χ0n) is 11.3. The first-order valence-electron chi connectivity index (χ1n) is 6.43. The second kappa shape index (κ2) is 6.72. The van der Waals surface area contributed by atoms with Gasteiger partial charge in [-0.1, -0.05) is 12.1 Å². The third kappa shape index (κ3) is 3.83. The third-order valence-electron chi connectivity index (χ3n) is 2.78. The average Bonchev–Trinajstić information content (AvgIpc) is 2.99. The molecule has 0 saturated carbocycles. The number of rotatable bonds is 5. The van der Waals surface area contributed by atoms with Crippen molar-refractivity contribution in [1.29, 1.82) is 0 Å². The summed E-state index contributed by atoms with van der Waals surface area (Å²) in [6.45, 7) is 2.07. The van der Waals surface area contributed by atoms with Crippen LogP contribution in [0.2, 0.25) is 0 Å². The molecule has 2 amide bonds. The number of carbonyl (C=O) groups excluding carboxylic acids is 1. The van der Waals surface area contributed by atoms with Crippen LogP contribution in [0.1, 0.15) is 12.5 Å². The van der Waals surface area contributed by atoms with Crippen LogP contribution < -0.4 is 10.6 Å². The Morgan fingerprint density at radius 3 is 3.00 bits per heavy atom. The SMILES string of the molecule is CC(CO)NC(=O)NCc1cccc(-n2cccn2)c1. The van der Waals surface area contributed by atoms with Gasteiger partial charge in [0.15, 0.2) is 0 Å². The summed E-state index contributed by atoms with van der Waals surface area (Å²) in [5.74, 6) is 0. The smallest absolute Gasteiger partial charge is 0.315 e. The van der Waals surface area contributed by atoms with Gasteiger partial charge in [0.1, 0.15) is 0 Å². The third-order valence-corrected chi connectivity index (χ3v) is 2.78. The Balaban J connectivity index is 1.94. The molecule has 1 heterocycles. The first-order valence-corrected chi connectivity index (χ1v) is 6.43. The van der Waals surface area contributed by atoms with Crippen LogP contribution >= 0.6 is 0 Å². The van der Waals surface area contributed by atoms with Crippen LogP contribution in [0.5, 0.6) is 0 Å². The van der Waals surface area contributed by atoms with Gasteiger partial charge < -0.3 is 15.7 Å². The Kier molecular flexibility index (Phi) is 4.73. The fraction of sp³-hybridized carbons (Fsp3) is 0.286. The molecule has 6 heteroatoms. The van der Waals surface area contributed by atoms with E-state index in [9.17, 15) is 4.79 Å². The fourth-order valence-electron chi connectivity index (χ4n) is 1.73. The highest BCUT2D eigenvalue weighted by molar-refractivity contribution is 5.74. The molecule has 1 aromatic heterocycles. The summed E-state index contributed by atoms with van der Waals surface area (Å²) in [6.07, 6.45) is 3.58. The molecule has 2 rings (SSSR count). The molecular weight excluding hydrogens is 256 g/mol. The number of hydrogen-bond donors (Lipinski definition) is 3. The predicted octanol–water partition coefficient (Wildman–Crippen LogP) is 1.05. The van der Waals surface area contributed by atoms with Crippen LogP contribution in [0, 0.1) is 0 Å². The molecule has 106 valence electrons. The van der Waals surface area contributed by atoms with Crippen LogP contribution in [0.4, 0.5) is 4.79 Å². The van der Waals surface area contributed by atoms with E-state index in [1.165, 1.54) is 0 Å². The van der Waals surface area contributed by atoms with Gasteiger partial charge in [0.05, 0.1) is 18.3 Å². The molecule has 1 unspecified atom stereocenters. The predicted molar refractivity (Wildman–Crippen MR) is 75.5 cm³/mol. The molecule has 3 N–H and O–H groups in total. The van der Waals surface area contributed by atoms with Gasteiger partial charge in [0, 0.05) is 18.9 Å². The lowest BCUT2D eigenvalue weighted by Gasteiger charge is -2.12. The number of aliphatic hydroxyl groups is 1. The molecule has 2 aromatic rings. The second-order valence-corrected chi connectivity index (χ2v) is 4.53. The molecule has 1 atom stereocenters. The Bertz CT molecular complexity index is 554. The first-order chi connectivity index (χ1) is 9.69. The molecule has 0 aliphatic heterocycles. The molecule has 20 heavy (non-hydrogen) atoms. The molecule has 0 aliphatic rings. The molecule has 6 nitrogen and oxygen atoms in total. The van der Waals surface area contributed by atoms with Gasteiger partial charge in [-0.2, -0.15) is 5.10 Å². The summed E-state index contributed by atoms with van der Waals surface area (Å²) in [5.41, 5.74) is 1.92.